The summed E-state index contributed by atoms with van der Waals surface area (Å²) >= 11 is 0. The van der Waals surface area contributed by atoms with Crippen LogP contribution < -0.4 is 15.8 Å². The molecule has 2 aliphatic heterocycles. The van der Waals surface area contributed by atoms with Gasteiger partial charge < -0.3 is 13.8 Å². The highest BCUT2D eigenvalue weighted by atomic mass is 16.3. The van der Waals surface area contributed by atoms with Crippen LogP contribution in [0.3, 0.4) is 0 Å². The first-order chi connectivity index (χ1) is 33.1. The SMILES string of the molecule is Cc1cc(C)c(-c2cccc(N3c4cc(-c5c(C)cc(C)cc5C)ccc4B4c5c3cc3c(oc6ccc(C(C)(C)C)cc63)c5-c3cc(C(C)(C)C)cc5c6cc(C(C)(C)C)ccc6n4c35)c2)c(C)c1. The van der Waals surface area contributed by atoms with Crippen LogP contribution in [0.25, 0.3) is 77.1 Å². The number of benzene rings is 8. The van der Waals surface area contributed by atoms with Gasteiger partial charge in [-0.3, -0.25) is 0 Å². The smallest absolute Gasteiger partial charge is 0.333 e. The number of aryl methyl sites for hydroxylation is 6. The molecule has 10 aromatic rings. The summed E-state index contributed by atoms with van der Waals surface area (Å²) in [5.41, 5.74) is 29.6. The van der Waals surface area contributed by atoms with Crippen molar-refractivity contribution in [3.63, 3.8) is 0 Å². The number of nitrogens with zero attached hydrogens (tertiary/aromatic N) is 2. The minimum Gasteiger partial charge on any atom is -0.455 e. The predicted molar refractivity (Wildman–Crippen MR) is 303 cm³/mol. The number of aromatic nitrogens is 1. The first-order valence-electron chi connectivity index (χ1n) is 25.4. The quantitative estimate of drug-likeness (QED) is 0.165. The van der Waals surface area contributed by atoms with Crippen molar-refractivity contribution in [2.45, 2.75) is 120 Å². The molecule has 348 valence electrons. The Morgan fingerprint density at radius 1 is 0.457 bits per heavy atom. The molecular weight excluding hydrogens is 848 g/mol. The third kappa shape index (κ3) is 6.54. The number of rotatable bonds is 3. The highest BCUT2D eigenvalue weighted by molar-refractivity contribution is 6.90. The molecule has 0 amide bonds. The van der Waals surface area contributed by atoms with E-state index in [2.05, 4.69) is 235 Å². The minimum absolute atomic E-state index is 0.0134. The molecule has 0 spiro atoms. The van der Waals surface area contributed by atoms with Gasteiger partial charge in [-0.1, -0.05) is 134 Å². The molecule has 0 radical (unpaired) electrons. The fourth-order valence-electron chi connectivity index (χ4n) is 12.7. The zero-order valence-electron chi connectivity index (χ0n) is 43.9. The van der Waals surface area contributed by atoms with Crippen molar-refractivity contribution in [2.24, 2.45) is 0 Å². The van der Waals surface area contributed by atoms with Gasteiger partial charge in [0.1, 0.15) is 11.2 Å². The Bertz CT molecular complexity index is 3860. The molecular formula is C66H65BN2O. The van der Waals surface area contributed by atoms with Gasteiger partial charge in [-0.25, -0.2) is 0 Å². The average molecular weight is 913 g/mol. The summed E-state index contributed by atoms with van der Waals surface area (Å²) in [4.78, 5) is 2.61. The van der Waals surface area contributed by atoms with Crippen LogP contribution in [-0.2, 0) is 16.2 Å². The van der Waals surface area contributed by atoms with Crippen LogP contribution in [0.2, 0.25) is 0 Å². The average Bonchev–Trinajstić information content (AvgIpc) is 3.81. The molecule has 0 N–H and O–H groups in total. The van der Waals surface area contributed by atoms with Crippen molar-refractivity contribution in [1.29, 1.82) is 0 Å². The summed E-state index contributed by atoms with van der Waals surface area (Å²) < 4.78 is 10.0. The zero-order valence-corrected chi connectivity index (χ0v) is 43.9. The third-order valence-corrected chi connectivity index (χ3v) is 15.9. The minimum atomic E-state index is -0.133. The van der Waals surface area contributed by atoms with Gasteiger partial charge in [0.25, 0.3) is 0 Å². The molecule has 0 saturated carbocycles. The summed E-state index contributed by atoms with van der Waals surface area (Å²) in [6, 6.07) is 47.7. The normalized spacial score (nSPS) is 13.6. The fraction of sp³-hybridized carbons (Fsp3) is 0.273. The van der Waals surface area contributed by atoms with Gasteiger partial charge in [-0.2, -0.15) is 0 Å². The number of anilines is 3. The van der Waals surface area contributed by atoms with Gasteiger partial charge in [-0.15, -0.1) is 0 Å². The second-order valence-electron chi connectivity index (χ2n) is 24.3. The molecule has 0 aliphatic carbocycles. The van der Waals surface area contributed by atoms with E-state index in [1.165, 1.54) is 128 Å². The van der Waals surface area contributed by atoms with E-state index in [1.54, 1.807) is 0 Å². The number of furan rings is 1. The van der Waals surface area contributed by atoms with Crippen molar-refractivity contribution < 1.29 is 4.42 Å². The van der Waals surface area contributed by atoms with Crippen molar-refractivity contribution in [3.05, 3.63) is 171 Å². The summed E-state index contributed by atoms with van der Waals surface area (Å²) in [6.45, 7) is 34.3. The van der Waals surface area contributed by atoms with Crippen LogP contribution in [0.4, 0.5) is 17.1 Å². The maximum absolute atomic E-state index is 7.33. The van der Waals surface area contributed by atoms with E-state index in [0.717, 1.165) is 27.6 Å². The summed E-state index contributed by atoms with van der Waals surface area (Å²) in [5, 5.41) is 4.93. The molecule has 4 heteroatoms. The van der Waals surface area contributed by atoms with Gasteiger partial charge >= 0.3 is 6.85 Å². The first kappa shape index (κ1) is 44.4. The summed E-state index contributed by atoms with van der Waals surface area (Å²) in [7, 11) is 0. The standard InChI is InChI=1S/C66H65BN2O/c1-36-25-38(3)58(39(4)26-36)42-17-16-18-47(29-42)68-55-30-43(59-40(5)27-37(2)28-41(59)6)19-22-53(55)67-61-56(68)35-51-49-32-45(65(10,11)12)21-24-57(49)70-63(51)60(61)52-34-46(66(13,14)15)33-50-48-31-44(64(7,8)9)20-23-54(48)69(67)62(50)52/h16-35H,1-15H3. The predicted octanol–water partition coefficient (Wildman–Crippen LogP) is 17.2. The van der Waals surface area contributed by atoms with Crippen LogP contribution in [0, 0.1) is 41.5 Å². The third-order valence-electron chi connectivity index (χ3n) is 15.9. The fourth-order valence-corrected chi connectivity index (χ4v) is 12.7. The van der Waals surface area contributed by atoms with E-state index >= 15 is 0 Å². The summed E-state index contributed by atoms with van der Waals surface area (Å²) in [6.07, 6.45) is 0. The monoisotopic (exact) mass is 913 g/mol. The highest BCUT2D eigenvalue weighted by Gasteiger charge is 2.45. The molecule has 0 fully saturated rings. The summed E-state index contributed by atoms with van der Waals surface area (Å²) in [5.74, 6) is 0. The lowest BCUT2D eigenvalue weighted by Gasteiger charge is -2.41. The van der Waals surface area contributed by atoms with Gasteiger partial charge in [0.05, 0.1) is 0 Å². The van der Waals surface area contributed by atoms with Crippen molar-refractivity contribution in [3.8, 4) is 33.4 Å². The maximum atomic E-state index is 7.33. The van der Waals surface area contributed by atoms with E-state index in [1.807, 2.05) is 0 Å². The molecule has 4 heterocycles. The van der Waals surface area contributed by atoms with Crippen LogP contribution >= 0.6 is 0 Å². The Balaban J connectivity index is 1.28. The van der Waals surface area contributed by atoms with E-state index in [-0.39, 0.29) is 23.1 Å². The van der Waals surface area contributed by atoms with Crippen LogP contribution in [-0.4, -0.2) is 11.3 Å². The van der Waals surface area contributed by atoms with Crippen molar-refractivity contribution >= 4 is 78.6 Å². The molecule has 12 rings (SSSR count). The number of fused-ring (bicyclic) bond motifs is 11. The molecule has 0 atom stereocenters. The first-order valence-corrected chi connectivity index (χ1v) is 25.4. The Hall–Kier alpha value is -6.78. The van der Waals surface area contributed by atoms with Crippen LogP contribution in [0.5, 0.6) is 0 Å². The van der Waals surface area contributed by atoms with Crippen LogP contribution in [0.1, 0.15) is 112 Å². The van der Waals surface area contributed by atoms with Gasteiger partial charge in [0, 0.05) is 60.8 Å². The molecule has 8 aromatic carbocycles. The van der Waals surface area contributed by atoms with Crippen molar-refractivity contribution in [1.82, 2.24) is 4.48 Å². The lowest BCUT2D eigenvalue weighted by molar-refractivity contribution is 0.590. The van der Waals surface area contributed by atoms with E-state index in [4.69, 9.17) is 4.42 Å². The van der Waals surface area contributed by atoms with Gasteiger partial charge in [-0.05, 0) is 191 Å². The van der Waals surface area contributed by atoms with Gasteiger partial charge in [0.2, 0.25) is 0 Å². The van der Waals surface area contributed by atoms with Crippen LogP contribution in [0.15, 0.2) is 126 Å². The van der Waals surface area contributed by atoms with Crippen molar-refractivity contribution in [2.75, 3.05) is 4.90 Å². The Morgan fingerprint density at radius 3 is 1.64 bits per heavy atom. The lowest BCUT2D eigenvalue weighted by atomic mass is 9.45. The van der Waals surface area contributed by atoms with Gasteiger partial charge in [0.15, 0.2) is 0 Å². The Morgan fingerprint density at radius 2 is 1.03 bits per heavy atom. The van der Waals surface area contributed by atoms with E-state index < -0.39 is 0 Å². The van der Waals surface area contributed by atoms with E-state index in [9.17, 15) is 0 Å². The maximum Gasteiger partial charge on any atom is 0.333 e. The molecule has 0 unspecified atom stereocenters. The lowest BCUT2D eigenvalue weighted by Crippen LogP contribution is -2.56. The Kier molecular flexibility index (Phi) is 9.44. The van der Waals surface area contributed by atoms with E-state index in [0.29, 0.717) is 0 Å². The molecule has 0 saturated heterocycles. The highest BCUT2D eigenvalue weighted by Crippen LogP contribution is 2.52. The topological polar surface area (TPSA) is 21.3 Å². The second-order valence-corrected chi connectivity index (χ2v) is 24.3. The molecule has 70 heavy (non-hydrogen) atoms. The molecule has 2 aliphatic rings. The largest absolute Gasteiger partial charge is 0.455 e. The molecule has 2 aromatic heterocycles. The molecule has 0 bridgehead atoms. The second kappa shape index (κ2) is 14.9. The molecule has 3 nitrogen and oxygen atoms in total. The Labute approximate surface area is 415 Å². The number of hydrogen-bond acceptors (Lipinski definition) is 2. The zero-order chi connectivity index (χ0) is 49.2. The number of hydrogen-bond donors (Lipinski definition) is 0.